The largest absolute Gasteiger partial charge is 0.497 e. The third-order valence-corrected chi connectivity index (χ3v) is 2.99. The molecule has 0 aliphatic heterocycles. The molecule has 1 atom stereocenters. The van der Waals surface area contributed by atoms with E-state index in [1.807, 2.05) is 0 Å². The third-order valence-electron chi connectivity index (χ3n) is 2.99. The molecule has 1 heterocycles. The number of hydrogen-bond donors (Lipinski definition) is 1. The molecule has 21 heavy (non-hydrogen) atoms. The van der Waals surface area contributed by atoms with Gasteiger partial charge in [-0.15, -0.1) is 0 Å². The van der Waals surface area contributed by atoms with Gasteiger partial charge >= 0.3 is 11.6 Å². The van der Waals surface area contributed by atoms with Crippen LogP contribution in [0, 0.1) is 0 Å². The van der Waals surface area contributed by atoms with Crippen LogP contribution in [0.15, 0.2) is 45.8 Å². The van der Waals surface area contributed by atoms with E-state index in [-0.39, 0.29) is 11.1 Å². The van der Waals surface area contributed by atoms with E-state index in [9.17, 15) is 14.7 Å². The number of benzene rings is 1. The summed E-state index contributed by atoms with van der Waals surface area (Å²) in [5.41, 5.74) is -0.223. The van der Waals surface area contributed by atoms with E-state index in [1.165, 1.54) is 20.3 Å². The van der Waals surface area contributed by atoms with Crippen molar-refractivity contribution in [3.05, 3.63) is 63.7 Å². The summed E-state index contributed by atoms with van der Waals surface area (Å²) in [7, 11) is 2.74. The minimum absolute atomic E-state index is 0.0388. The molecule has 6 nitrogen and oxygen atoms in total. The fraction of sp³-hybridized carbons (Fsp3) is 0.200. The van der Waals surface area contributed by atoms with E-state index in [0.29, 0.717) is 11.3 Å². The minimum Gasteiger partial charge on any atom is -0.497 e. The molecule has 1 aromatic heterocycles. The summed E-state index contributed by atoms with van der Waals surface area (Å²) in [6, 6.07) is 7.81. The highest BCUT2D eigenvalue weighted by Gasteiger charge is 2.18. The number of aliphatic hydroxyl groups is 1. The van der Waals surface area contributed by atoms with Crippen LogP contribution in [0.4, 0.5) is 0 Å². The fourth-order valence-electron chi connectivity index (χ4n) is 1.83. The zero-order valence-electron chi connectivity index (χ0n) is 11.5. The number of carbonyl (C=O) groups is 1. The number of methoxy groups -OCH3 is 2. The Morgan fingerprint density at radius 3 is 2.48 bits per heavy atom. The monoisotopic (exact) mass is 290 g/mol. The molecular formula is C15H14O6. The molecule has 2 rings (SSSR count). The summed E-state index contributed by atoms with van der Waals surface area (Å²) in [6.07, 6.45) is -0.213. The predicted octanol–water partition coefficient (Wildman–Crippen LogP) is 1.52. The van der Waals surface area contributed by atoms with Gasteiger partial charge in [0, 0.05) is 0 Å². The molecule has 0 radical (unpaired) electrons. The van der Waals surface area contributed by atoms with E-state index in [4.69, 9.17) is 9.15 Å². The third kappa shape index (κ3) is 3.11. The number of carbonyl (C=O) groups excluding carboxylic acids is 1. The lowest BCUT2D eigenvalue weighted by molar-refractivity contribution is 0.0597. The fourth-order valence-corrected chi connectivity index (χ4v) is 1.83. The molecule has 1 unspecified atom stereocenters. The number of esters is 1. The zero-order valence-corrected chi connectivity index (χ0v) is 11.5. The number of hydrogen-bond acceptors (Lipinski definition) is 6. The van der Waals surface area contributed by atoms with E-state index in [0.717, 1.165) is 6.26 Å². The summed E-state index contributed by atoms with van der Waals surface area (Å²) in [4.78, 5) is 23.2. The molecule has 1 N–H and O–H groups in total. The molecular weight excluding hydrogens is 276 g/mol. The van der Waals surface area contributed by atoms with Gasteiger partial charge < -0.3 is 19.0 Å². The topological polar surface area (TPSA) is 86.0 Å². The maximum atomic E-state index is 11.7. The summed E-state index contributed by atoms with van der Waals surface area (Å²) in [6.45, 7) is 0. The van der Waals surface area contributed by atoms with Crippen LogP contribution in [0.25, 0.3) is 0 Å². The van der Waals surface area contributed by atoms with Crippen LogP contribution in [0.5, 0.6) is 5.75 Å². The molecule has 6 heteroatoms. The van der Waals surface area contributed by atoms with Crippen molar-refractivity contribution in [2.45, 2.75) is 6.10 Å². The van der Waals surface area contributed by atoms with Gasteiger partial charge in [-0.3, -0.25) is 0 Å². The number of aliphatic hydroxyl groups excluding tert-OH is 1. The zero-order chi connectivity index (χ0) is 15.4. The first-order valence-electron chi connectivity index (χ1n) is 6.10. The van der Waals surface area contributed by atoms with Gasteiger partial charge in [0.1, 0.15) is 18.1 Å². The van der Waals surface area contributed by atoms with Gasteiger partial charge in [-0.1, -0.05) is 12.1 Å². The van der Waals surface area contributed by atoms with Crippen LogP contribution in [-0.2, 0) is 4.74 Å². The maximum absolute atomic E-state index is 11.7. The average molecular weight is 290 g/mol. The summed E-state index contributed by atoms with van der Waals surface area (Å²) in [5, 5.41) is 10.3. The standard InChI is InChI=1S/C15H14O6/c1-19-11-5-3-9(4-6-11)13(16)12-7-10(14(17)20-2)8-21-15(12)18/h3-8,13,16H,1-2H3. The van der Waals surface area contributed by atoms with E-state index in [2.05, 4.69) is 4.74 Å². The first-order chi connectivity index (χ1) is 10.1. The highest BCUT2D eigenvalue weighted by Crippen LogP contribution is 2.22. The lowest BCUT2D eigenvalue weighted by Gasteiger charge is -2.11. The summed E-state index contributed by atoms with van der Waals surface area (Å²) >= 11 is 0. The van der Waals surface area contributed by atoms with Gasteiger partial charge in [-0.05, 0) is 23.8 Å². The predicted molar refractivity (Wildman–Crippen MR) is 73.4 cm³/mol. The second kappa shape index (κ2) is 6.23. The summed E-state index contributed by atoms with van der Waals surface area (Å²) in [5.74, 6) is -0.0248. The quantitative estimate of drug-likeness (QED) is 0.859. The Morgan fingerprint density at radius 2 is 1.90 bits per heavy atom. The SMILES string of the molecule is COC(=O)c1coc(=O)c(C(O)c2ccc(OC)cc2)c1. The van der Waals surface area contributed by atoms with Crippen molar-refractivity contribution < 1.29 is 23.8 Å². The van der Waals surface area contributed by atoms with E-state index in [1.54, 1.807) is 24.3 Å². The molecule has 0 aliphatic carbocycles. The minimum atomic E-state index is -1.21. The average Bonchev–Trinajstić information content (AvgIpc) is 2.54. The molecule has 2 aromatic rings. The van der Waals surface area contributed by atoms with Gasteiger partial charge in [0.15, 0.2) is 0 Å². The van der Waals surface area contributed by atoms with Crippen LogP contribution in [-0.4, -0.2) is 25.3 Å². The van der Waals surface area contributed by atoms with Crippen molar-refractivity contribution in [3.63, 3.8) is 0 Å². The molecule has 0 saturated carbocycles. The second-order valence-electron chi connectivity index (χ2n) is 4.25. The maximum Gasteiger partial charge on any atom is 0.341 e. The van der Waals surface area contributed by atoms with Gasteiger partial charge in [-0.25, -0.2) is 9.59 Å². The number of rotatable bonds is 4. The lowest BCUT2D eigenvalue weighted by Crippen LogP contribution is -2.15. The first-order valence-corrected chi connectivity index (χ1v) is 6.10. The molecule has 1 aromatic carbocycles. The van der Waals surface area contributed by atoms with E-state index < -0.39 is 17.7 Å². The Morgan fingerprint density at radius 1 is 1.24 bits per heavy atom. The first kappa shape index (κ1) is 14.8. The Bertz CT molecular complexity index is 686. The van der Waals surface area contributed by atoms with Crippen molar-refractivity contribution in [3.8, 4) is 5.75 Å². The summed E-state index contributed by atoms with van der Waals surface area (Å²) < 4.78 is 14.3. The smallest absolute Gasteiger partial charge is 0.341 e. The molecule has 0 amide bonds. The van der Waals surface area contributed by atoms with Crippen LogP contribution in [0.3, 0.4) is 0 Å². The van der Waals surface area contributed by atoms with Crippen LogP contribution >= 0.6 is 0 Å². The molecule has 0 aliphatic rings. The Labute approximate surface area is 120 Å². The van der Waals surface area contributed by atoms with Crippen molar-refractivity contribution in [2.24, 2.45) is 0 Å². The van der Waals surface area contributed by atoms with Crippen LogP contribution < -0.4 is 10.4 Å². The van der Waals surface area contributed by atoms with Crippen LogP contribution in [0.2, 0.25) is 0 Å². The molecule has 0 spiro atoms. The Hall–Kier alpha value is -2.60. The van der Waals surface area contributed by atoms with E-state index >= 15 is 0 Å². The van der Waals surface area contributed by atoms with Gasteiger partial charge in [0.25, 0.3) is 0 Å². The molecule has 0 fully saturated rings. The Kier molecular flexibility index (Phi) is 4.39. The van der Waals surface area contributed by atoms with Crippen molar-refractivity contribution >= 4 is 5.97 Å². The second-order valence-corrected chi connectivity index (χ2v) is 4.25. The molecule has 0 bridgehead atoms. The van der Waals surface area contributed by atoms with Crippen LogP contribution in [0.1, 0.15) is 27.6 Å². The van der Waals surface area contributed by atoms with Gasteiger partial charge in [0.05, 0.1) is 25.3 Å². The highest BCUT2D eigenvalue weighted by atomic mass is 16.5. The van der Waals surface area contributed by atoms with Crippen molar-refractivity contribution in [1.29, 1.82) is 0 Å². The van der Waals surface area contributed by atoms with Crippen molar-refractivity contribution in [2.75, 3.05) is 14.2 Å². The highest BCUT2D eigenvalue weighted by molar-refractivity contribution is 5.88. The van der Waals surface area contributed by atoms with Gasteiger partial charge in [-0.2, -0.15) is 0 Å². The normalized spacial score (nSPS) is 11.8. The molecule has 110 valence electrons. The number of ether oxygens (including phenoxy) is 2. The lowest BCUT2D eigenvalue weighted by atomic mass is 10.0. The molecule has 0 saturated heterocycles. The van der Waals surface area contributed by atoms with Gasteiger partial charge in [0.2, 0.25) is 0 Å². The van der Waals surface area contributed by atoms with Crippen molar-refractivity contribution in [1.82, 2.24) is 0 Å². The Balaban J connectivity index is 2.39.